The third-order valence-corrected chi connectivity index (χ3v) is 4.78. The van der Waals surface area contributed by atoms with Gasteiger partial charge in [-0.1, -0.05) is 71.6 Å². The lowest BCUT2D eigenvalue weighted by Gasteiger charge is -2.26. The molecule has 6 heteroatoms. The predicted octanol–water partition coefficient (Wildman–Crippen LogP) is 2.39. The molecule has 0 radical (unpaired) electrons. The molecule has 156 valence electrons. The van der Waals surface area contributed by atoms with E-state index < -0.39 is 24.2 Å². The van der Waals surface area contributed by atoms with Gasteiger partial charge in [0.2, 0.25) is 0 Å². The molecule has 0 aliphatic carbocycles. The fraction of sp³-hybridized carbons (Fsp3) is 0.950. The van der Waals surface area contributed by atoms with E-state index in [1.165, 1.54) is 52.1 Å². The van der Waals surface area contributed by atoms with Crippen molar-refractivity contribution < 1.29 is 24.9 Å². The molecule has 0 spiro atoms. The Morgan fingerprint density at radius 3 is 1.88 bits per heavy atom. The first-order valence-corrected chi connectivity index (χ1v) is 10.3. The van der Waals surface area contributed by atoms with Crippen LogP contribution in [0.5, 0.6) is 0 Å². The number of methoxy groups -OCH3 is 1. The first-order valence-electron chi connectivity index (χ1n) is 10.3. The first kappa shape index (κ1) is 25.3. The average molecular weight is 376 g/mol. The summed E-state index contributed by atoms with van der Waals surface area (Å²) in [5, 5.41) is 32.3. The van der Waals surface area contributed by atoms with Crippen LogP contribution in [0.25, 0.3) is 0 Å². The molecule has 0 saturated carbocycles. The van der Waals surface area contributed by atoms with Gasteiger partial charge in [-0.15, -0.1) is 0 Å². The summed E-state index contributed by atoms with van der Waals surface area (Å²) >= 11 is 0. The number of ether oxygens (including phenoxy) is 1. The number of carbonyl (C=O) groups is 1. The van der Waals surface area contributed by atoms with Crippen molar-refractivity contribution in [1.82, 2.24) is 5.32 Å². The standard InChI is InChI=1S/C20H41NO5/c1-4-5-6-7-8-9-10-11-12-13-14-21-20(25)19(24)18(23)17(22)16(2)15-26-3/h16-19,22-24H,4-15H2,1-3H3,(H,21,25)/t16-,17?,18?,19?/m0/s1. The molecule has 0 aromatic rings. The highest BCUT2D eigenvalue weighted by molar-refractivity contribution is 5.81. The third kappa shape index (κ3) is 11.8. The Morgan fingerprint density at radius 1 is 0.885 bits per heavy atom. The Kier molecular flexibility index (Phi) is 16.0. The Hall–Kier alpha value is -0.690. The SMILES string of the molecule is CCCCCCCCCCCCNC(=O)C(O)C(O)C(O)[C@@H](C)COC. The zero-order valence-corrected chi connectivity index (χ0v) is 17.0. The number of aliphatic hydroxyl groups excluding tert-OH is 3. The van der Waals surface area contributed by atoms with Gasteiger partial charge in [0.15, 0.2) is 6.10 Å². The maximum Gasteiger partial charge on any atom is 0.251 e. The second kappa shape index (κ2) is 16.5. The van der Waals surface area contributed by atoms with Crippen molar-refractivity contribution in [3.05, 3.63) is 0 Å². The normalized spacial score (nSPS) is 16.1. The summed E-state index contributed by atoms with van der Waals surface area (Å²) < 4.78 is 4.91. The van der Waals surface area contributed by atoms with Gasteiger partial charge in [-0.05, 0) is 6.42 Å². The van der Waals surface area contributed by atoms with E-state index in [2.05, 4.69) is 12.2 Å². The molecule has 3 unspecified atom stereocenters. The molecule has 0 aliphatic heterocycles. The second-order valence-electron chi connectivity index (χ2n) is 7.33. The average Bonchev–Trinajstić information content (AvgIpc) is 2.64. The fourth-order valence-electron chi connectivity index (χ4n) is 2.97. The Morgan fingerprint density at radius 2 is 1.38 bits per heavy atom. The molecule has 0 heterocycles. The van der Waals surface area contributed by atoms with Crippen molar-refractivity contribution >= 4 is 5.91 Å². The summed E-state index contributed by atoms with van der Waals surface area (Å²) in [7, 11) is 1.49. The van der Waals surface area contributed by atoms with Gasteiger partial charge in [0.1, 0.15) is 6.10 Å². The van der Waals surface area contributed by atoms with E-state index in [1.807, 2.05) is 0 Å². The molecule has 0 saturated heterocycles. The third-order valence-electron chi connectivity index (χ3n) is 4.78. The van der Waals surface area contributed by atoms with Crippen molar-refractivity contribution in [2.24, 2.45) is 5.92 Å². The number of rotatable bonds is 17. The van der Waals surface area contributed by atoms with Crippen LogP contribution < -0.4 is 5.32 Å². The van der Waals surface area contributed by atoms with Crippen molar-refractivity contribution in [3.63, 3.8) is 0 Å². The monoisotopic (exact) mass is 375 g/mol. The second-order valence-corrected chi connectivity index (χ2v) is 7.33. The predicted molar refractivity (Wildman–Crippen MR) is 104 cm³/mol. The van der Waals surface area contributed by atoms with Gasteiger partial charge in [0.25, 0.3) is 5.91 Å². The van der Waals surface area contributed by atoms with Gasteiger partial charge < -0.3 is 25.4 Å². The van der Waals surface area contributed by atoms with Crippen LogP contribution in [-0.4, -0.2) is 59.8 Å². The number of amides is 1. The highest BCUT2D eigenvalue weighted by Crippen LogP contribution is 2.12. The number of nitrogens with one attached hydrogen (secondary N) is 1. The van der Waals surface area contributed by atoms with E-state index in [9.17, 15) is 20.1 Å². The van der Waals surface area contributed by atoms with Crippen LogP contribution in [0.15, 0.2) is 0 Å². The molecular weight excluding hydrogens is 334 g/mol. The topological polar surface area (TPSA) is 99.0 Å². The van der Waals surface area contributed by atoms with E-state index in [1.54, 1.807) is 6.92 Å². The lowest BCUT2D eigenvalue weighted by molar-refractivity contribution is -0.144. The summed E-state index contributed by atoms with van der Waals surface area (Å²) in [5.74, 6) is -1.02. The largest absolute Gasteiger partial charge is 0.390 e. The molecule has 0 aromatic carbocycles. The summed E-state index contributed by atoms with van der Waals surface area (Å²) in [5.41, 5.74) is 0. The zero-order valence-electron chi connectivity index (χ0n) is 17.0. The molecule has 26 heavy (non-hydrogen) atoms. The van der Waals surface area contributed by atoms with E-state index >= 15 is 0 Å². The van der Waals surface area contributed by atoms with Crippen molar-refractivity contribution in [3.8, 4) is 0 Å². The van der Waals surface area contributed by atoms with Gasteiger partial charge in [0.05, 0.1) is 12.7 Å². The molecular formula is C20H41NO5. The van der Waals surface area contributed by atoms with Crippen LogP contribution in [0, 0.1) is 5.92 Å². The van der Waals surface area contributed by atoms with Gasteiger partial charge in [-0.2, -0.15) is 0 Å². The summed E-state index contributed by atoms with van der Waals surface area (Å²) in [6.07, 6.45) is 7.79. The van der Waals surface area contributed by atoms with E-state index in [4.69, 9.17) is 4.74 Å². The van der Waals surface area contributed by atoms with Crippen LogP contribution in [0.3, 0.4) is 0 Å². The maximum atomic E-state index is 11.9. The minimum Gasteiger partial charge on any atom is -0.390 e. The fourth-order valence-corrected chi connectivity index (χ4v) is 2.97. The van der Waals surface area contributed by atoms with Crippen molar-refractivity contribution in [2.75, 3.05) is 20.3 Å². The molecule has 0 rings (SSSR count). The van der Waals surface area contributed by atoms with Crippen molar-refractivity contribution in [2.45, 2.75) is 96.4 Å². The van der Waals surface area contributed by atoms with E-state index in [-0.39, 0.29) is 12.5 Å². The lowest BCUT2D eigenvalue weighted by atomic mass is 9.96. The van der Waals surface area contributed by atoms with E-state index in [0.29, 0.717) is 6.54 Å². The molecule has 1 amide bonds. The van der Waals surface area contributed by atoms with Crippen molar-refractivity contribution in [1.29, 1.82) is 0 Å². The number of hydrogen-bond acceptors (Lipinski definition) is 5. The highest BCUT2D eigenvalue weighted by atomic mass is 16.5. The van der Waals surface area contributed by atoms with Crippen LogP contribution in [-0.2, 0) is 9.53 Å². The van der Waals surface area contributed by atoms with Crippen LogP contribution in [0.1, 0.15) is 78.1 Å². The molecule has 0 aromatic heterocycles. The molecule has 0 bridgehead atoms. The minimum atomic E-state index is -1.63. The Balaban J connectivity index is 3.72. The number of hydrogen-bond donors (Lipinski definition) is 4. The molecule has 6 nitrogen and oxygen atoms in total. The summed E-state index contributed by atoms with van der Waals surface area (Å²) in [6.45, 7) is 4.63. The molecule has 0 aliphatic rings. The van der Waals surface area contributed by atoms with Gasteiger partial charge in [0, 0.05) is 19.6 Å². The van der Waals surface area contributed by atoms with Gasteiger partial charge in [-0.3, -0.25) is 4.79 Å². The smallest absolute Gasteiger partial charge is 0.251 e. The van der Waals surface area contributed by atoms with Gasteiger partial charge >= 0.3 is 0 Å². The van der Waals surface area contributed by atoms with Crippen LogP contribution >= 0.6 is 0 Å². The highest BCUT2D eigenvalue weighted by Gasteiger charge is 2.33. The number of aliphatic hydroxyl groups is 3. The van der Waals surface area contributed by atoms with Crippen LogP contribution in [0.4, 0.5) is 0 Å². The minimum absolute atomic E-state index is 0.241. The molecule has 4 atom stereocenters. The van der Waals surface area contributed by atoms with Gasteiger partial charge in [-0.25, -0.2) is 0 Å². The summed E-state index contributed by atoms with van der Waals surface area (Å²) in [4.78, 5) is 11.9. The molecule has 4 N–H and O–H groups in total. The number of carbonyl (C=O) groups excluding carboxylic acids is 1. The number of unbranched alkanes of at least 4 members (excludes halogenated alkanes) is 9. The quantitative estimate of drug-likeness (QED) is 0.293. The Labute approximate surface area is 159 Å². The first-order chi connectivity index (χ1) is 12.5. The van der Waals surface area contributed by atoms with Crippen LogP contribution in [0.2, 0.25) is 0 Å². The molecule has 0 fully saturated rings. The lowest BCUT2D eigenvalue weighted by Crippen LogP contribution is -2.49. The Bertz CT molecular complexity index is 340. The maximum absolute atomic E-state index is 11.9. The summed E-state index contributed by atoms with van der Waals surface area (Å²) in [6, 6.07) is 0. The zero-order chi connectivity index (χ0) is 19.8. The van der Waals surface area contributed by atoms with E-state index in [0.717, 1.165) is 19.3 Å².